The Balaban J connectivity index is 2.38. The molecule has 1 amide bonds. The standard InChI is InChI=1S/C10H13N3O2/c1-3-4-7-9(14)11-8-5-6(2)12-13(8)10(7)15/h5,7H,3-4H2,1-2H3,(H,11,14). The fourth-order valence-electron chi connectivity index (χ4n) is 1.77. The maximum absolute atomic E-state index is 11.9. The van der Waals surface area contributed by atoms with Gasteiger partial charge in [0, 0.05) is 6.07 Å². The van der Waals surface area contributed by atoms with Crippen molar-refractivity contribution in [3.05, 3.63) is 11.8 Å². The minimum atomic E-state index is -0.582. The normalized spacial score (nSPS) is 20.0. The Hall–Kier alpha value is -1.65. The fraction of sp³-hybridized carbons (Fsp3) is 0.500. The van der Waals surface area contributed by atoms with Crippen LogP contribution in [-0.2, 0) is 4.79 Å². The van der Waals surface area contributed by atoms with Crippen LogP contribution in [0.1, 0.15) is 30.3 Å². The molecule has 1 atom stereocenters. The van der Waals surface area contributed by atoms with Gasteiger partial charge in [-0.15, -0.1) is 0 Å². The van der Waals surface area contributed by atoms with Crippen molar-refractivity contribution in [1.29, 1.82) is 0 Å². The molecule has 1 aliphatic rings. The molecule has 0 fully saturated rings. The third kappa shape index (κ3) is 1.54. The summed E-state index contributed by atoms with van der Waals surface area (Å²) in [6.07, 6.45) is 1.38. The van der Waals surface area contributed by atoms with Crippen LogP contribution in [-0.4, -0.2) is 21.6 Å². The monoisotopic (exact) mass is 207 g/mol. The average molecular weight is 207 g/mol. The van der Waals surface area contributed by atoms with Gasteiger partial charge in [-0.05, 0) is 13.3 Å². The van der Waals surface area contributed by atoms with Gasteiger partial charge in [0.25, 0.3) is 5.91 Å². The van der Waals surface area contributed by atoms with Gasteiger partial charge in [0.15, 0.2) is 0 Å². The molecule has 0 saturated heterocycles. The predicted molar refractivity (Wildman–Crippen MR) is 54.6 cm³/mol. The zero-order chi connectivity index (χ0) is 11.0. The van der Waals surface area contributed by atoms with Crippen molar-refractivity contribution in [3.63, 3.8) is 0 Å². The van der Waals surface area contributed by atoms with Crippen LogP contribution in [0.4, 0.5) is 5.82 Å². The van der Waals surface area contributed by atoms with Crippen molar-refractivity contribution in [3.8, 4) is 0 Å². The highest BCUT2D eigenvalue weighted by Crippen LogP contribution is 2.22. The lowest BCUT2D eigenvalue weighted by Crippen LogP contribution is -2.39. The van der Waals surface area contributed by atoms with Crippen LogP contribution >= 0.6 is 0 Å². The Morgan fingerprint density at radius 2 is 2.27 bits per heavy atom. The van der Waals surface area contributed by atoms with E-state index in [9.17, 15) is 9.59 Å². The Bertz CT molecular complexity index is 422. The van der Waals surface area contributed by atoms with Crippen molar-refractivity contribution in [1.82, 2.24) is 9.78 Å². The van der Waals surface area contributed by atoms with Crippen LogP contribution < -0.4 is 5.32 Å². The molecular weight excluding hydrogens is 194 g/mol. The number of carbonyl (C=O) groups excluding carboxylic acids is 2. The maximum atomic E-state index is 11.9. The molecule has 1 N–H and O–H groups in total. The lowest BCUT2D eigenvalue weighted by atomic mass is 10.0. The van der Waals surface area contributed by atoms with E-state index in [1.165, 1.54) is 4.68 Å². The highest BCUT2D eigenvalue weighted by Gasteiger charge is 2.34. The van der Waals surface area contributed by atoms with E-state index in [4.69, 9.17) is 0 Å². The van der Waals surface area contributed by atoms with E-state index in [1.807, 2.05) is 6.92 Å². The maximum Gasteiger partial charge on any atom is 0.261 e. The molecule has 5 heteroatoms. The van der Waals surface area contributed by atoms with Crippen LogP contribution in [0, 0.1) is 12.8 Å². The second-order valence-electron chi connectivity index (χ2n) is 3.75. The number of aromatic nitrogens is 2. The molecule has 0 saturated carbocycles. The molecule has 15 heavy (non-hydrogen) atoms. The van der Waals surface area contributed by atoms with Crippen molar-refractivity contribution in [2.24, 2.45) is 5.92 Å². The lowest BCUT2D eigenvalue weighted by Gasteiger charge is -2.20. The number of amides is 1. The Morgan fingerprint density at radius 3 is 2.93 bits per heavy atom. The molecule has 5 nitrogen and oxygen atoms in total. The van der Waals surface area contributed by atoms with Gasteiger partial charge >= 0.3 is 0 Å². The van der Waals surface area contributed by atoms with E-state index >= 15 is 0 Å². The number of carbonyl (C=O) groups is 2. The van der Waals surface area contributed by atoms with Gasteiger partial charge < -0.3 is 5.32 Å². The molecule has 1 aliphatic heterocycles. The fourth-order valence-corrected chi connectivity index (χ4v) is 1.77. The van der Waals surface area contributed by atoms with E-state index in [0.717, 1.165) is 12.1 Å². The second kappa shape index (κ2) is 3.49. The van der Waals surface area contributed by atoms with Crippen LogP contribution in [0.15, 0.2) is 6.07 Å². The smallest absolute Gasteiger partial charge is 0.261 e. The number of anilines is 1. The van der Waals surface area contributed by atoms with Gasteiger partial charge in [0.05, 0.1) is 5.69 Å². The zero-order valence-corrected chi connectivity index (χ0v) is 8.78. The molecule has 0 aliphatic carbocycles. The number of fused-ring (bicyclic) bond motifs is 1. The average Bonchev–Trinajstić information content (AvgIpc) is 2.53. The molecule has 2 rings (SSSR count). The van der Waals surface area contributed by atoms with E-state index in [-0.39, 0.29) is 11.8 Å². The quantitative estimate of drug-likeness (QED) is 0.741. The summed E-state index contributed by atoms with van der Waals surface area (Å²) in [4.78, 5) is 23.5. The minimum absolute atomic E-state index is 0.214. The zero-order valence-electron chi connectivity index (χ0n) is 8.78. The summed E-state index contributed by atoms with van der Waals surface area (Å²) >= 11 is 0. The van der Waals surface area contributed by atoms with Gasteiger partial charge in [-0.1, -0.05) is 13.3 Å². The van der Waals surface area contributed by atoms with Crippen LogP contribution in [0.2, 0.25) is 0 Å². The van der Waals surface area contributed by atoms with Crippen molar-refractivity contribution in [2.45, 2.75) is 26.7 Å². The summed E-state index contributed by atoms with van der Waals surface area (Å²) in [5.74, 6) is -0.533. The Labute approximate surface area is 87.5 Å². The summed E-state index contributed by atoms with van der Waals surface area (Å²) in [5.41, 5.74) is 0.732. The molecule has 0 radical (unpaired) electrons. The Morgan fingerprint density at radius 1 is 1.53 bits per heavy atom. The number of nitrogens with zero attached hydrogens (tertiary/aromatic N) is 2. The molecule has 1 aromatic heterocycles. The van der Waals surface area contributed by atoms with E-state index in [0.29, 0.717) is 12.2 Å². The third-order valence-corrected chi connectivity index (χ3v) is 2.48. The summed E-state index contributed by atoms with van der Waals surface area (Å²) in [6, 6.07) is 1.69. The van der Waals surface area contributed by atoms with E-state index in [1.54, 1.807) is 13.0 Å². The van der Waals surface area contributed by atoms with Gasteiger partial charge in [-0.25, -0.2) is 0 Å². The van der Waals surface area contributed by atoms with Crippen LogP contribution in [0.5, 0.6) is 0 Å². The van der Waals surface area contributed by atoms with Gasteiger partial charge in [-0.2, -0.15) is 9.78 Å². The second-order valence-corrected chi connectivity index (χ2v) is 3.75. The van der Waals surface area contributed by atoms with Crippen molar-refractivity contribution < 1.29 is 9.59 Å². The summed E-state index contributed by atoms with van der Waals surface area (Å²) in [6.45, 7) is 3.74. The van der Waals surface area contributed by atoms with Crippen LogP contribution in [0.25, 0.3) is 0 Å². The highest BCUT2D eigenvalue weighted by molar-refractivity contribution is 6.11. The third-order valence-electron chi connectivity index (χ3n) is 2.48. The molecular formula is C10H13N3O2. The first-order chi connectivity index (χ1) is 7.13. The van der Waals surface area contributed by atoms with E-state index < -0.39 is 5.92 Å². The lowest BCUT2D eigenvalue weighted by molar-refractivity contribution is -0.119. The molecule has 2 heterocycles. The summed E-state index contributed by atoms with van der Waals surface area (Å²) in [7, 11) is 0. The summed E-state index contributed by atoms with van der Waals surface area (Å²) in [5, 5.41) is 6.74. The van der Waals surface area contributed by atoms with Crippen molar-refractivity contribution >= 4 is 17.6 Å². The molecule has 80 valence electrons. The number of hydrogen-bond acceptors (Lipinski definition) is 3. The number of hydrogen-bond donors (Lipinski definition) is 1. The summed E-state index contributed by atoms with van der Waals surface area (Å²) < 4.78 is 1.29. The van der Waals surface area contributed by atoms with Gasteiger partial charge in [0.2, 0.25) is 5.91 Å². The molecule has 1 unspecified atom stereocenters. The minimum Gasteiger partial charge on any atom is -0.310 e. The SMILES string of the molecule is CCCC1C(=O)Nc2cc(C)nn2C1=O. The largest absolute Gasteiger partial charge is 0.310 e. The molecule has 0 aromatic carbocycles. The molecule has 0 bridgehead atoms. The van der Waals surface area contributed by atoms with E-state index in [2.05, 4.69) is 10.4 Å². The first-order valence-corrected chi connectivity index (χ1v) is 5.05. The number of nitrogens with one attached hydrogen (secondary N) is 1. The number of aryl methyl sites for hydroxylation is 1. The molecule has 1 aromatic rings. The highest BCUT2D eigenvalue weighted by atomic mass is 16.2. The number of rotatable bonds is 2. The van der Waals surface area contributed by atoms with Crippen LogP contribution in [0.3, 0.4) is 0 Å². The topological polar surface area (TPSA) is 64.0 Å². The first-order valence-electron chi connectivity index (χ1n) is 5.05. The molecule has 0 spiro atoms. The predicted octanol–water partition coefficient (Wildman–Crippen LogP) is 1.20. The Kier molecular flexibility index (Phi) is 2.30. The first kappa shape index (κ1) is 9.89. The van der Waals surface area contributed by atoms with Crippen molar-refractivity contribution in [2.75, 3.05) is 5.32 Å². The van der Waals surface area contributed by atoms with Gasteiger partial charge in [0.1, 0.15) is 11.7 Å². The van der Waals surface area contributed by atoms with Gasteiger partial charge in [-0.3, -0.25) is 9.59 Å².